The van der Waals surface area contributed by atoms with Gasteiger partial charge in [0.05, 0.1) is 11.1 Å². The molecule has 2 amide bonds. The summed E-state index contributed by atoms with van der Waals surface area (Å²) in [6, 6.07) is 15.8. The molecule has 0 aliphatic heterocycles. The van der Waals surface area contributed by atoms with Crippen molar-refractivity contribution in [3.63, 3.8) is 0 Å². The molecule has 1 heterocycles. The molecular weight excluding hydrogens is 374 g/mol. The molecule has 0 unspecified atom stereocenters. The molecule has 3 aromatic rings. The topological polar surface area (TPSA) is 89.8 Å². The number of aromatic nitrogens is 1. The first-order valence-corrected chi connectivity index (χ1v) is 10.2. The number of para-hydroxylation sites is 1. The lowest BCUT2D eigenvalue weighted by atomic mass is 10.1. The number of fused-ring (bicyclic) bond motifs is 1. The minimum atomic E-state index is -0.219. The summed E-state index contributed by atoms with van der Waals surface area (Å²) in [6.45, 7) is 7.24. The van der Waals surface area contributed by atoms with Crippen molar-refractivity contribution in [3.8, 4) is 6.07 Å². The second kappa shape index (κ2) is 9.75. The lowest BCUT2D eigenvalue weighted by Crippen LogP contribution is -2.30. The highest BCUT2D eigenvalue weighted by Crippen LogP contribution is 2.24. The number of carbonyl (C=O) groups excluding carboxylic acids is 1. The number of nitrogens with one attached hydrogen (secondary N) is 3. The van der Waals surface area contributed by atoms with Crippen molar-refractivity contribution in [1.82, 2.24) is 10.3 Å². The minimum absolute atomic E-state index is 0.219. The van der Waals surface area contributed by atoms with E-state index in [0.29, 0.717) is 30.9 Å². The Morgan fingerprint density at radius 3 is 2.70 bits per heavy atom. The van der Waals surface area contributed by atoms with Crippen molar-refractivity contribution in [2.75, 3.05) is 23.7 Å². The van der Waals surface area contributed by atoms with Gasteiger partial charge in [0, 0.05) is 24.2 Å². The van der Waals surface area contributed by atoms with Gasteiger partial charge in [0.15, 0.2) is 0 Å². The Balaban J connectivity index is 1.53. The number of benzene rings is 2. The molecule has 1 aromatic heterocycles. The second-order valence-corrected chi connectivity index (χ2v) is 7.32. The third-order valence-electron chi connectivity index (χ3n) is 4.95. The Labute approximate surface area is 177 Å². The number of amides is 2. The van der Waals surface area contributed by atoms with E-state index in [2.05, 4.69) is 40.0 Å². The third-order valence-corrected chi connectivity index (χ3v) is 4.95. The van der Waals surface area contributed by atoms with Crippen molar-refractivity contribution in [3.05, 3.63) is 64.7 Å². The van der Waals surface area contributed by atoms with E-state index >= 15 is 0 Å². The maximum atomic E-state index is 12.1. The van der Waals surface area contributed by atoms with Gasteiger partial charge in [-0.3, -0.25) is 0 Å². The third kappa shape index (κ3) is 5.06. The molecule has 0 saturated heterocycles. The molecule has 0 bridgehead atoms. The molecule has 6 heteroatoms. The summed E-state index contributed by atoms with van der Waals surface area (Å²) in [7, 11) is 0. The smallest absolute Gasteiger partial charge is 0.319 e. The van der Waals surface area contributed by atoms with Crippen LogP contribution in [0.5, 0.6) is 0 Å². The summed E-state index contributed by atoms with van der Waals surface area (Å²) in [6.07, 6.45) is 1.57. The standard InChI is InChI=1S/C24H27N5O/c1-4-18-8-5-6-9-21(18)28-24(30)27-11-7-10-26-23-20(15-25)14-19-13-16(2)12-17(3)22(19)29-23/h5-6,8-9,12-14H,4,7,10-11H2,1-3H3,(H,26,29)(H2,27,28,30). The zero-order chi connectivity index (χ0) is 21.5. The lowest BCUT2D eigenvalue weighted by molar-refractivity contribution is 0.252. The molecule has 0 saturated carbocycles. The SMILES string of the molecule is CCc1ccccc1NC(=O)NCCCNc1nc2c(C)cc(C)cc2cc1C#N. The molecule has 154 valence electrons. The average molecular weight is 402 g/mol. The summed E-state index contributed by atoms with van der Waals surface area (Å²) in [5, 5.41) is 19.4. The Kier molecular flexibility index (Phi) is 6.87. The highest BCUT2D eigenvalue weighted by molar-refractivity contribution is 5.90. The van der Waals surface area contributed by atoms with E-state index in [-0.39, 0.29) is 6.03 Å². The second-order valence-electron chi connectivity index (χ2n) is 7.32. The van der Waals surface area contributed by atoms with Crippen molar-refractivity contribution in [2.24, 2.45) is 0 Å². The first-order chi connectivity index (χ1) is 14.5. The van der Waals surface area contributed by atoms with E-state index in [1.54, 1.807) is 0 Å². The van der Waals surface area contributed by atoms with Crippen LogP contribution in [0.3, 0.4) is 0 Å². The van der Waals surface area contributed by atoms with Crippen molar-refractivity contribution < 1.29 is 4.79 Å². The molecule has 3 N–H and O–H groups in total. The van der Waals surface area contributed by atoms with Crippen LogP contribution in [0, 0.1) is 25.2 Å². The van der Waals surface area contributed by atoms with Crippen molar-refractivity contribution in [1.29, 1.82) is 5.26 Å². The first kappa shape index (κ1) is 21.1. The highest BCUT2D eigenvalue weighted by atomic mass is 16.2. The van der Waals surface area contributed by atoms with E-state index in [0.717, 1.165) is 39.7 Å². The number of anilines is 2. The Morgan fingerprint density at radius 1 is 1.13 bits per heavy atom. The van der Waals surface area contributed by atoms with Crippen LogP contribution in [-0.2, 0) is 6.42 Å². The van der Waals surface area contributed by atoms with Gasteiger partial charge in [0.25, 0.3) is 0 Å². The quantitative estimate of drug-likeness (QED) is 0.491. The first-order valence-electron chi connectivity index (χ1n) is 10.2. The number of hydrogen-bond acceptors (Lipinski definition) is 4. The normalized spacial score (nSPS) is 10.5. The number of nitriles is 1. The van der Waals surface area contributed by atoms with Gasteiger partial charge in [-0.15, -0.1) is 0 Å². The van der Waals surface area contributed by atoms with Gasteiger partial charge in [0.1, 0.15) is 11.9 Å². The van der Waals surface area contributed by atoms with Crippen LogP contribution >= 0.6 is 0 Å². The van der Waals surface area contributed by atoms with Crippen LogP contribution in [0.25, 0.3) is 10.9 Å². The van der Waals surface area contributed by atoms with Crippen LogP contribution in [0.2, 0.25) is 0 Å². The molecule has 0 aliphatic rings. The van der Waals surface area contributed by atoms with Gasteiger partial charge < -0.3 is 16.0 Å². The Hall–Kier alpha value is -3.59. The zero-order valence-electron chi connectivity index (χ0n) is 17.7. The highest BCUT2D eigenvalue weighted by Gasteiger charge is 2.09. The predicted octanol–water partition coefficient (Wildman–Crippen LogP) is 4.91. The summed E-state index contributed by atoms with van der Waals surface area (Å²) < 4.78 is 0. The van der Waals surface area contributed by atoms with Gasteiger partial charge in [-0.25, -0.2) is 9.78 Å². The Bertz CT molecular complexity index is 1100. The summed E-state index contributed by atoms with van der Waals surface area (Å²) in [5.41, 5.74) is 5.59. The van der Waals surface area contributed by atoms with E-state index in [1.807, 2.05) is 50.2 Å². The van der Waals surface area contributed by atoms with E-state index in [4.69, 9.17) is 0 Å². The average Bonchev–Trinajstić information content (AvgIpc) is 2.73. The molecular formula is C24H27N5O. The molecule has 0 spiro atoms. The molecule has 30 heavy (non-hydrogen) atoms. The van der Waals surface area contributed by atoms with Gasteiger partial charge in [0.2, 0.25) is 0 Å². The molecule has 6 nitrogen and oxygen atoms in total. The van der Waals surface area contributed by atoms with Crippen molar-refractivity contribution >= 4 is 28.4 Å². The van der Waals surface area contributed by atoms with Gasteiger partial charge in [-0.1, -0.05) is 36.8 Å². The summed E-state index contributed by atoms with van der Waals surface area (Å²) in [5.74, 6) is 0.582. The van der Waals surface area contributed by atoms with Crippen LogP contribution in [0.4, 0.5) is 16.3 Å². The maximum absolute atomic E-state index is 12.1. The van der Waals surface area contributed by atoms with E-state index < -0.39 is 0 Å². The number of hydrogen-bond donors (Lipinski definition) is 3. The fourth-order valence-corrected chi connectivity index (χ4v) is 3.49. The van der Waals surface area contributed by atoms with E-state index in [9.17, 15) is 10.1 Å². The maximum Gasteiger partial charge on any atom is 0.319 e. The number of rotatable bonds is 7. The summed E-state index contributed by atoms with van der Waals surface area (Å²) in [4.78, 5) is 16.8. The number of nitrogens with zero attached hydrogens (tertiary/aromatic N) is 2. The zero-order valence-corrected chi connectivity index (χ0v) is 17.7. The molecule has 0 aliphatic carbocycles. The van der Waals surface area contributed by atoms with Crippen molar-refractivity contribution in [2.45, 2.75) is 33.6 Å². The fraction of sp³-hybridized carbons (Fsp3) is 0.292. The van der Waals surface area contributed by atoms with Crippen LogP contribution in [-0.4, -0.2) is 24.1 Å². The molecule has 3 rings (SSSR count). The molecule has 2 aromatic carbocycles. The summed E-state index contributed by atoms with van der Waals surface area (Å²) >= 11 is 0. The minimum Gasteiger partial charge on any atom is -0.369 e. The van der Waals surface area contributed by atoms with Crippen LogP contribution < -0.4 is 16.0 Å². The molecule has 0 radical (unpaired) electrons. The van der Waals surface area contributed by atoms with Gasteiger partial charge in [-0.05, 0) is 56.0 Å². The van der Waals surface area contributed by atoms with Gasteiger partial charge in [-0.2, -0.15) is 5.26 Å². The number of urea groups is 1. The largest absolute Gasteiger partial charge is 0.369 e. The lowest BCUT2D eigenvalue weighted by Gasteiger charge is -2.12. The van der Waals surface area contributed by atoms with Crippen LogP contribution in [0.15, 0.2) is 42.5 Å². The van der Waals surface area contributed by atoms with E-state index in [1.165, 1.54) is 0 Å². The molecule has 0 fully saturated rings. The monoisotopic (exact) mass is 401 g/mol. The van der Waals surface area contributed by atoms with Gasteiger partial charge >= 0.3 is 6.03 Å². The predicted molar refractivity (Wildman–Crippen MR) is 122 cm³/mol. The number of carbonyl (C=O) groups is 1. The molecule has 0 atom stereocenters. The Morgan fingerprint density at radius 2 is 1.93 bits per heavy atom. The number of pyridine rings is 1. The van der Waals surface area contributed by atoms with Crippen LogP contribution in [0.1, 0.15) is 35.6 Å². The number of aryl methyl sites for hydroxylation is 3. The fourth-order valence-electron chi connectivity index (χ4n) is 3.49.